The molecule has 0 heterocycles. The van der Waals surface area contributed by atoms with Gasteiger partial charge in [0.15, 0.2) is 0 Å². The molecule has 0 bridgehead atoms. The number of ether oxygens (including phenoxy) is 1. The van der Waals surface area contributed by atoms with Gasteiger partial charge in [0.05, 0.1) is 0 Å². The van der Waals surface area contributed by atoms with Crippen molar-refractivity contribution >= 4 is 6.09 Å². The topological polar surface area (TPSA) is 29.5 Å². The Morgan fingerprint density at radius 3 is 1.44 bits per heavy atom. The highest BCUT2D eigenvalue weighted by Crippen LogP contribution is 2.34. The lowest BCUT2D eigenvalue weighted by Crippen LogP contribution is -2.53. The third-order valence-corrected chi connectivity index (χ3v) is 1.08. The zero-order valence-electron chi connectivity index (χ0n) is 8.53. The maximum Gasteiger partial charge on any atom is 0.496 e. The Kier molecular flexibility index (Phi) is 3.73. The molecular weight excluding hydrogens is 244 g/mol. The minimum Gasteiger partial charge on any atom is -0.443 e. The van der Waals surface area contributed by atoms with Crippen LogP contribution in [-0.2, 0) is 4.74 Å². The maximum atomic E-state index is 11.9. The number of amides is 1. The van der Waals surface area contributed by atoms with Gasteiger partial charge in [-0.2, -0.15) is 0 Å². The number of rotatable bonds is 0. The second-order valence-corrected chi connectivity index (χ2v) is 3.75. The quantitative estimate of drug-likeness (QED) is 0.489. The predicted octanol–water partition coefficient (Wildman–Crippen LogP) is 3.26. The van der Waals surface area contributed by atoms with E-state index < -0.39 is 29.2 Å². The minimum atomic E-state index is -5.87. The Bertz CT molecular complexity index is 250. The molecule has 9 heteroatoms. The number of carbonyl (C=O) groups excluding carboxylic acids is 1. The van der Waals surface area contributed by atoms with E-state index in [2.05, 4.69) is 4.74 Å². The van der Waals surface area contributed by atoms with Crippen molar-refractivity contribution in [3.63, 3.8) is 0 Å². The molecule has 3 nitrogen and oxygen atoms in total. The Morgan fingerprint density at radius 2 is 1.25 bits per heavy atom. The van der Waals surface area contributed by atoms with E-state index in [4.69, 9.17) is 0 Å². The van der Waals surface area contributed by atoms with Gasteiger partial charge in [0.25, 0.3) is 0 Å². The van der Waals surface area contributed by atoms with Gasteiger partial charge < -0.3 is 4.74 Å². The number of alkyl halides is 6. The molecule has 0 aliphatic heterocycles. The average molecular weight is 253 g/mol. The van der Waals surface area contributed by atoms with E-state index in [1.807, 2.05) is 0 Å². The van der Waals surface area contributed by atoms with Gasteiger partial charge >= 0.3 is 18.7 Å². The molecular formula is C7H9F6NO2. The number of nitrogens with zero attached hydrogens (tertiary/aromatic N) is 1. The average Bonchev–Trinajstić information content (AvgIpc) is 1.70. The molecule has 0 radical (unpaired) electrons. The molecule has 0 atom stereocenters. The minimum absolute atomic E-state index is 1.15. The van der Waals surface area contributed by atoms with Crippen LogP contribution in [0.2, 0.25) is 0 Å². The summed E-state index contributed by atoms with van der Waals surface area (Å²) >= 11 is 0. The molecule has 0 aliphatic carbocycles. The fourth-order valence-electron chi connectivity index (χ4n) is 0.658. The van der Waals surface area contributed by atoms with Gasteiger partial charge in [-0.15, -0.1) is 31.2 Å². The van der Waals surface area contributed by atoms with Crippen LogP contribution in [-0.4, -0.2) is 29.2 Å². The van der Waals surface area contributed by atoms with Crippen molar-refractivity contribution in [3.8, 4) is 0 Å². The van der Waals surface area contributed by atoms with Crippen LogP contribution >= 0.6 is 0 Å². The number of halogens is 6. The summed E-state index contributed by atoms with van der Waals surface area (Å²) < 4.78 is 75.7. The predicted molar refractivity (Wildman–Crippen MR) is 40.2 cm³/mol. The van der Waals surface area contributed by atoms with E-state index >= 15 is 0 Å². The van der Waals surface area contributed by atoms with E-state index in [0.29, 0.717) is 0 Å². The summed E-state index contributed by atoms with van der Waals surface area (Å²) in [5, 5.41) is 0. The third-order valence-electron chi connectivity index (χ3n) is 1.08. The molecule has 96 valence electrons. The van der Waals surface area contributed by atoms with Gasteiger partial charge in [0.2, 0.25) is 0 Å². The summed E-state index contributed by atoms with van der Waals surface area (Å²) in [7, 11) is 0. The molecule has 0 spiro atoms. The summed E-state index contributed by atoms with van der Waals surface area (Å²) in [5.41, 5.74) is -1.45. The molecule has 16 heavy (non-hydrogen) atoms. The van der Waals surface area contributed by atoms with E-state index in [1.165, 1.54) is 0 Å². The molecule has 0 aromatic carbocycles. The van der Waals surface area contributed by atoms with Crippen molar-refractivity contribution in [1.29, 1.82) is 0 Å². The summed E-state index contributed by atoms with van der Waals surface area (Å²) in [4.78, 5) is 8.50. The zero-order valence-corrected chi connectivity index (χ0v) is 8.53. The van der Waals surface area contributed by atoms with E-state index in [0.717, 1.165) is 20.8 Å². The van der Waals surface area contributed by atoms with Crippen molar-refractivity contribution in [2.45, 2.75) is 39.0 Å². The highest BCUT2D eigenvalue weighted by Gasteiger charge is 2.58. The normalized spacial score (nSPS) is 13.6. The van der Waals surface area contributed by atoms with Gasteiger partial charge in [-0.3, -0.25) is 0 Å². The summed E-state index contributed by atoms with van der Waals surface area (Å²) in [6.45, 7) is 3.45. The number of carbonyl (C=O) groups is 1. The van der Waals surface area contributed by atoms with E-state index in [9.17, 15) is 31.1 Å². The largest absolute Gasteiger partial charge is 0.496 e. The van der Waals surface area contributed by atoms with Gasteiger partial charge in [-0.05, 0) is 20.8 Å². The van der Waals surface area contributed by atoms with Crippen molar-refractivity contribution < 1.29 is 35.9 Å². The molecule has 0 N–H and O–H groups in total. The molecule has 0 aliphatic rings. The molecule has 0 aromatic rings. The fourth-order valence-corrected chi connectivity index (χ4v) is 0.658. The SMILES string of the molecule is CC(C)(C)OC(=O)N(C(F)(F)F)C(F)(F)F. The van der Waals surface area contributed by atoms with Crippen LogP contribution in [0.15, 0.2) is 0 Å². The first-order chi connectivity index (χ1) is 6.75. The molecule has 0 saturated carbocycles. The van der Waals surface area contributed by atoms with Crippen molar-refractivity contribution in [2.75, 3.05) is 0 Å². The Morgan fingerprint density at radius 1 is 0.938 bits per heavy atom. The lowest BCUT2D eigenvalue weighted by molar-refractivity contribution is -0.354. The van der Waals surface area contributed by atoms with E-state index in [1.54, 1.807) is 0 Å². The van der Waals surface area contributed by atoms with Crippen LogP contribution in [0.4, 0.5) is 31.1 Å². The molecule has 0 aromatic heterocycles. The Labute approximate surface area is 87.0 Å². The van der Waals surface area contributed by atoms with Crippen molar-refractivity contribution in [2.24, 2.45) is 0 Å². The van der Waals surface area contributed by atoms with Gasteiger partial charge in [0, 0.05) is 0 Å². The third kappa shape index (κ3) is 4.58. The summed E-state index contributed by atoms with van der Waals surface area (Å²) in [5.74, 6) is 0. The molecule has 1 amide bonds. The Balaban J connectivity index is 5.03. The second kappa shape index (κ2) is 4.02. The first-order valence-corrected chi connectivity index (χ1v) is 3.92. The maximum absolute atomic E-state index is 11.9. The van der Waals surface area contributed by atoms with E-state index in [-0.39, 0.29) is 0 Å². The van der Waals surface area contributed by atoms with Gasteiger partial charge in [0.1, 0.15) is 5.60 Å². The van der Waals surface area contributed by atoms with Gasteiger partial charge in [-0.1, -0.05) is 0 Å². The van der Waals surface area contributed by atoms with Crippen LogP contribution in [0.1, 0.15) is 20.8 Å². The molecule has 0 rings (SSSR count). The Hall–Kier alpha value is -1.15. The smallest absolute Gasteiger partial charge is 0.443 e. The van der Waals surface area contributed by atoms with Crippen LogP contribution < -0.4 is 0 Å². The number of hydrogen-bond acceptors (Lipinski definition) is 2. The molecule has 0 unspecified atom stereocenters. The van der Waals surface area contributed by atoms with Crippen LogP contribution in [0, 0.1) is 0 Å². The van der Waals surface area contributed by atoms with Gasteiger partial charge in [-0.25, -0.2) is 4.79 Å². The first kappa shape index (κ1) is 14.8. The highest BCUT2D eigenvalue weighted by atomic mass is 19.4. The van der Waals surface area contributed by atoms with Crippen LogP contribution in [0.3, 0.4) is 0 Å². The standard InChI is InChI=1S/C7H9F6NO2/c1-5(2,3)16-4(15)14(6(8,9)10)7(11,12)13/h1-3H3. The lowest BCUT2D eigenvalue weighted by atomic mass is 10.2. The summed E-state index contributed by atoms with van der Waals surface area (Å²) in [6.07, 6.45) is -14.3. The van der Waals surface area contributed by atoms with Crippen molar-refractivity contribution in [3.05, 3.63) is 0 Å². The van der Waals surface area contributed by atoms with Crippen LogP contribution in [0.25, 0.3) is 0 Å². The summed E-state index contributed by atoms with van der Waals surface area (Å²) in [6, 6.07) is 0. The first-order valence-electron chi connectivity index (χ1n) is 3.92. The zero-order chi connectivity index (χ0) is 13.4. The van der Waals surface area contributed by atoms with Crippen molar-refractivity contribution in [1.82, 2.24) is 4.90 Å². The monoisotopic (exact) mass is 253 g/mol. The van der Waals surface area contributed by atoms with Crippen LogP contribution in [0.5, 0.6) is 0 Å². The highest BCUT2D eigenvalue weighted by molar-refractivity contribution is 5.68. The second-order valence-electron chi connectivity index (χ2n) is 3.75. The molecule has 0 saturated heterocycles. The number of hydrogen-bond donors (Lipinski definition) is 0. The fraction of sp³-hybridized carbons (Fsp3) is 0.857. The lowest BCUT2D eigenvalue weighted by Gasteiger charge is -2.29. The molecule has 0 fully saturated rings.